The molecule has 0 aliphatic rings. The predicted molar refractivity (Wildman–Crippen MR) is 98.2 cm³/mol. The molecule has 0 unspecified atom stereocenters. The Morgan fingerprint density at radius 1 is 1.17 bits per heavy atom. The van der Waals surface area contributed by atoms with Crippen molar-refractivity contribution in [1.29, 1.82) is 0 Å². The molecule has 3 aromatic rings. The van der Waals surface area contributed by atoms with Crippen molar-refractivity contribution >= 4 is 18.4 Å². The van der Waals surface area contributed by atoms with Crippen LogP contribution in [0.1, 0.15) is 18.1 Å². The highest BCUT2D eigenvalue weighted by atomic mass is 32.1. The Morgan fingerprint density at radius 2 is 1.88 bits per heavy atom. The molecule has 1 N–H and O–H groups in total. The van der Waals surface area contributed by atoms with Crippen molar-refractivity contribution in [3.05, 3.63) is 64.4 Å². The van der Waals surface area contributed by atoms with E-state index in [1.165, 1.54) is 5.56 Å². The van der Waals surface area contributed by atoms with Gasteiger partial charge in [-0.05, 0) is 55.9 Å². The number of hydrogen-bond acceptors (Lipinski definition) is 4. The first-order valence-electron chi connectivity index (χ1n) is 7.69. The summed E-state index contributed by atoms with van der Waals surface area (Å²) in [7, 11) is 0. The van der Waals surface area contributed by atoms with Crippen LogP contribution < -0.4 is 4.74 Å². The van der Waals surface area contributed by atoms with E-state index < -0.39 is 0 Å². The number of ether oxygens (including phenoxy) is 1. The molecule has 0 aliphatic heterocycles. The molecule has 1 aromatic heterocycles. The lowest BCUT2D eigenvalue weighted by Gasteiger charge is -2.04. The highest BCUT2D eigenvalue weighted by Gasteiger charge is 2.08. The second kappa shape index (κ2) is 7.23. The molecule has 2 aromatic carbocycles. The number of aromatic amines is 1. The van der Waals surface area contributed by atoms with Crippen molar-refractivity contribution in [3.8, 4) is 17.1 Å². The Bertz CT molecular complexity index is 892. The highest BCUT2D eigenvalue weighted by Crippen LogP contribution is 2.21. The average Bonchev–Trinajstić information content (AvgIpc) is 2.96. The molecule has 122 valence electrons. The lowest BCUT2D eigenvalue weighted by molar-refractivity contribution is 0.340. The van der Waals surface area contributed by atoms with Crippen LogP contribution in [0.4, 0.5) is 0 Å². The number of nitrogens with one attached hydrogen (secondary N) is 1. The monoisotopic (exact) mass is 338 g/mol. The van der Waals surface area contributed by atoms with Crippen LogP contribution in [0.15, 0.2) is 53.6 Å². The molecule has 0 saturated heterocycles. The maximum atomic E-state index is 5.46. The molecule has 5 nitrogen and oxygen atoms in total. The lowest BCUT2D eigenvalue weighted by atomic mass is 10.2. The Kier molecular flexibility index (Phi) is 4.86. The maximum absolute atomic E-state index is 5.46. The summed E-state index contributed by atoms with van der Waals surface area (Å²) < 4.78 is 7.52. The molecule has 0 spiro atoms. The van der Waals surface area contributed by atoms with Crippen LogP contribution >= 0.6 is 12.2 Å². The van der Waals surface area contributed by atoms with E-state index in [-0.39, 0.29) is 0 Å². The van der Waals surface area contributed by atoms with Gasteiger partial charge in [0.2, 0.25) is 4.77 Å². The zero-order valence-corrected chi connectivity index (χ0v) is 14.4. The van der Waals surface area contributed by atoms with Gasteiger partial charge in [-0.25, -0.2) is 5.10 Å². The average molecular weight is 338 g/mol. The van der Waals surface area contributed by atoms with Gasteiger partial charge in [-0.2, -0.15) is 14.9 Å². The molecule has 6 heteroatoms. The van der Waals surface area contributed by atoms with E-state index in [1.807, 2.05) is 55.5 Å². The summed E-state index contributed by atoms with van der Waals surface area (Å²) in [6.45, 7) is 4.65. The summed E-state index contributed by atoms with van der Waals surface area (Å²) in [4.78, 5) is 0. The van der Waals surface area contributed by atoms with Crippen LogP contribution in [0, 0.1) is 11.7 Å². The molecule has 0 fully saturated rings. The number of H-pyrrole nitrogens is 1. The zero-order valence-electron chi connectivity index (χ0n) is 13.6. The van der Waals surface area contributed by atoms with E-state index in [9.17, 15) is 0 Å². The molecule has 0 saturated carbocycles. The van der Waals surface area contributed by atoms with Crippen molar-refractivity contribution in [2.45, 2.75) is 13.8 Å². The standard InChI is InChI=1S/C18H18N4OS/c1-3-23-16-10-8-15(9-11-16)17-20-21-18(24)22(17)19-12-14-6-4-13(2)5-7-14/h4-12H,3H2,1-2H3,(H,21,24)/b19-12-. The molecule has 3 rings (SSSR count). The minimum Gasteiger partial charge on any atom is -0.494 e. The smallest absolute Gasteiger partial charge is 0.216 e. The minimum absolute atomic E-state index is 0.447. The summed E-state index contributed by atoms with van der Waals surface area (Å²) in [6, 6.07) is 15.8. The van der Waals surface area contributed by atoms with Gasteiger partial charge in [0.05, 0.1) is 12.8 Å². The van der Waals surface area contributed by atoms with E-state index in [2.05, 4.69) is 22.2 Å². The summed E-state index contributed by atoms with van der Waals surface area (Å²) in [6.07, 6.45) is 1.77. The Balaban J connectivity index is 1.91. The SMILES string of the molecule is CCOc1ccc(-c2n[nH]c(=S)n2/N=C\c2ccc(C)cc2)cc1. The summed E-state index contributed by atoms with van der Waals surface area (Å²) >= 11 is 5.28. The fourth-order valence-electron chi connectivity index (χ4n) is 2.23. The van der Waals surface area contributed by atoms with Crippen molar-refractivity contribution in [2.24, 2.45) is 5.10 Å². The predicted octanol–water partition coefficient (Wildman–Crippen LogP) is 4.20. The second-order valence-electron chi connectivity index (χ2n) is 5.28. The fourth-order valence-corrected chi connectivity index (χ4v) is 2.41. The van der Waals surface area contributed by atoms with Crippen molar-refractivity contribution < 1.29 is 4.74 Å². The fraction of sp³-hybridized carbons (Fsp3) is 0.167. The quantitative estimate of drug-likeness (QED) is 0.560. The Hall–Kier alpha value is -2.73. The van der Waals surface area contributed by atoms with Crippen molar-refractivity contribution in [2.75, 3.05) is 6.61 Å². The Morgan fingerprint density at radius 3 is 2.54 bits per heavy atom. The minimum atomic E-state index is 0.447. The van der Waals surface area contributed by atoms with Crippen LogP contribution in [-0.4, -0.2) is 27.7 Å². The van der Waals surface area contributed by atoms with Gasteiger partial charge in [0.15, 0.2) is 5.82 Å². The third kappa shape index (κ3) is 3.60. The van der Waals surface area contributed by atoms with Gasteiger partial charge in [0.1, 0.15) is 5.75 Å². The van der Waals surface area contributed by atoms with Crippen molar-refractivity contribution in [3.63, 3.8) is 0 Å². The number of aromatic nitrogens is 3. The third-order valence-electron chi connectivity index (χ3n) is 3.47. The molecule has 0 atom stereocenters. The first-order chi connectivity index (χ1) is 11.7. The van der Waals surface area contributed by atoms with E-state index in [1.54, 1.807) is 10.9 Å². The van der Waals surface area contributed by atoms with Gasteiger partial charge in [-0.1, -0.05) is 29.8 Å². The van der Waals surface area contributed by atoms with Gasteiger partial charge >= 0.3 is 0 Å². The topological polar surface area (TPSA) is 55.2 Å². The lowest BCUT2D eigenvalue weighted by Crippen LogP contribution is -1.96. The third-order valence-corrected chi connectivity index (χ3v) is 3.74. The second-order valence-corrected chi connectivity index (χ2v) is 5.66. The maximum Gasteiger partial charge on any atom is 0.216 e. The van der Waals surface area contributed by atoms with Crippen LogP contribution in [0.3, 0.4) is 0 Å². The zero-order chi connectivity index (χ0) is 16.9. The van der Waals surface area contributed by atoms with E-state index in [0.29, 0.717) is 17.2 Å². The number of benzene rings is 2. The van der Waals surface area contributed by atoms with Gasteiger partial charge in [-0.15, -0.1) is 0 Å². The molecular weight excluding hydrogens is 320 g/mol. The summed E-state index contributed by atoms with van der Waals surface area (Å²) in [5.74, 6) is 1.48. The van der Waals surface area contributed by atoms with Gasteiger partial charge < -0.3 is 4.74 Å². The molecular formula is C18H18N4OS. The number of rotatable bonds is 5. The molecule has 0 amide bonds. The largest absolute Gasteiger partial charge is 0.494 e. The normalized spacial score (nSPS) is 11.1. The van der Waals surface area contributed by atoms with E-state index >= 15 is 0 Å². The van der Waals surface area contributed by atoms with E-state index in [0.717, 1.165) is 16.9 Å². The van der Waals surface area contributed by atoms with E-state index in [4.69, 9.17) is 17.0 Å². The van der Waals surface area contributed by atoms with Crippen LogP contribution in [0.2, 0.25) is 0 Å². The van der Waals surface area contributed by atoms with Crippen LogP contribution in [-0.2, 0) is 0 Å². The molecule has 1 heterocycles. The van der Waals surface area contributed by atoms with Crippen LogP contribution in [0.5, 0.6) is 5.75 Å². The molecule has 0 aliphatic carbocycles. The van der Waals surface area contributed by atoms with Gasteiger partial charge in [-0.3, -0.25) is 0 Å². The number of nitrogens with zero attached hydrogens (tertiary/aromatic N) is 3. The first kappa shape index (κ1) is 16.1. The van der Waals surface area contributed by atoms with Crippen molar-refractivity contribution in [1.82, 2.24) is 14.9 Å². The van der Waals surface area contributed by atoms with Crippen LogP contribution in [0.25, 0.3) is 11.4 Å². The molecule has 0 radical (unpaired) electrons. The number of aryl methyl sites for hydroxylation is 1. The summed E-state index contributed by atoms with van der Waals surface area (Å²) in [5, 5.41) is 11.5. The Labute approximate surface area is 145 Å². The molecule has 0 bridgehead atoms. The van der Waals surface area contributed by atoms with Gasteiger partial charge in [0, 0.05) is 5.56 Å². The molecule has 24 heavy (non-hydrogen) atoms. The summed E-state index contributed by atoms with van der Waals surface area (Å²) in [5.41, 5.74) is 3.12. The first-order valence-corrected chi connectivity index (χ1v) is 8.10. The van der Waals surface area contributed by atoms with Gasteiger partial charge in [0.25, 0.3) is 0 Å². The highest BCUT2D eigenvalue weighted by molar-refractivity contribution is 7.71. The number of hydrogen-bond donors (Lipinski definition) is 1.